The molecule has 1 amide bonds. The normalized spacial score (nSPS) is 11.4. The highest BCUT2D eigenvalue weighted by molar-refractivity contribution is 7.22. The minimum atomic E-state index is -0.112. The van der Waals surface area contributed by atoms with Gasteiger partial charge in [0, 0.05) is 36.1 Å². The Bertz CT molecular complexity index is 1160. The molecule has 0 unspecified atom stereocenters. The summed E-state index contributed by atoms with van der Waals surface area (Å²) in [6, 6.07) is 10.9. The number of rotatable bonds is 5. The Balaban J connectivity index is 1.73. The molecule has 0 spiro atoms. The van der Waals surface area contributed by atoms with Crippen LogP contribution in [0.15, 0.2) is 48.8 Å². The van der Waals surface area contributed by atoms with Gasteiger partial charge in [-0.05, 0) is 50.5 Å². The molecule has 0 N–H and O–H groups in total. The lowest BCUT2D eigenvalue weighted by atomic mass is 10.1. The first-order chi connectivity index (χ1) is 13.5. The van der Waals surface area contributed by atoms with Gasteiger partial charge in [-0.1, -0.05) is 22.9 Å². The van der Waals surface area contributed by atoms with Crippen molar-refractivity contribution in [2.45, 2.75) is 0 Å². The fourth-order valence-electron chi connectivity index (χ4n) is 2.84. The van der Waals surface area contributed by atoms with Gasteiger partial charge in [-0.3, -0.25) is 19.7 Å². The van der Waals surface area contributed by atoms with E-state index in [9.17, 15) is 4.79 Å². The first kappa shape index (κ1) is 18.7. The molecular formula is C20H18ClN5OS. The average molecular weight is 412 g/mol. The predicted molar refractivity (Wildman–Crippen MR) is 114 cm³/mol. The zero-order valence-corrected chi connectivity index (χ0v) is 17.0. The van der Waals surface area contributed by atoms with Crippen molar-refractivity contribution in [3.8, 4) is 0 Å². The first-order valence-corrected chi connectivity index (χ1v) is 9.94. The van der Waals surface area contributed by atoms with Gasteiger partial charge in [0.25, 0.3) is 5.91 Å². The second kappa shape index (κ2) is 7.79. The van der Waals surface area contributed by atoms with Crippen LogP contribution in [0.5, 0.6) is 0 Å². The summed E-state index contributed by atoms with van der Waals surface area (Å²) in [7, 11) is 3.96. The Labute approximate surface area is 171 Å². The van der Waals surface area contributed by atoms with Gasteiger partial charge in [-0.2, -0.15) is 0 Å². The summed E-state index contributed by atoms with van der Waals surface area (Å²) in [6.07, 6.45) is 3.26. The van der Waals surface area contributed by atoms with E-state index in [4.69, 9.17) is 11.6 Å². The Morgan fingerprint density at radius 3 is 2.54 bits per heavy atom. The van der Waals surface area contributed by atoms with E-state index in [1.165, 1.54) is 11.3 Å². The molecule has 0 saturated carbocycles. The van der Waals surface area contributed by atoms with Crippen LogP contribution in [0.3, 0.4) is 0 Å². The molecule has 2 heterocycles. The molecule has 2 aromatic heterocycles. The van der Waals surface area contributed by atoms with Crippen LogP contribution < -0.4 is 4.90 Å². The van der Waals surface area contributed by atoms with Crippen LogP contribution in [0.2, 0.25) is 5.02 Å². The smallest absolute Gasteiger partial charge is 0.260 e. The van der Waals surface area contributed by atoms with Crippen LogP contribution in [-0.4, -0.2) is 52.9 Å². The summed E-state index contributed by atoms with van der Waals surface area (Å²) < 4.78 is 0.953. The number of hydrogen-bond donors (Lipinski definition) is 0. The third kappa shape index (κ3) is 3.82. The molecule has 0 radical (unpaired) electrons. The van der Waals surface area contributed by atoms with Crippen LogP contribution >= 0.6 is 22.9 Å². The van der Waals surface area contributed by atoms with E-state index in [0.717, 1.165) is 22.3 Å². The maximum atomic E-state index is 13.3. The second-order valence-electron chi connectivity index (χ2n) is 6.63. The van der Waals surface area contributed by atoms with Gasteiger partial charge >= 0.3 is 0 Å². The van der Waals surface area contributed by atoms with Gasteiger partial charge in [0.1, 0.15) is 0 Å². The number of fused-ring (bicyclic) bond motifs is 2. The lowest BCUT2D eigenvalue weighted by Gasteiger charge is -2.22. The molecule has 0 bridgehead atoms. The highest BCUT2D eigenvalue weighted by Gasteiger charge is 2.22. The van der Waals surface area contributed by atoms with Crippen molar-refractivity contribution in [2.75, 3.05) is 32.1 Å². The summed E-state index contributed by atoms with van der Waals surface area (Å²) in [5, 5.41) is 1.31. The standard InChI is InChI=1S/C20H18ClN5OS/c1-25(2)9-10-26(20-24-16-6-4-14(21)12-18(16)28-20)19(27)13-3-5-15-17(11-13)23-8-7-22-15/h3-8,11-12H,9-10H2,1-2H3. The minimum Gasteiger partial charge on any atom is -0.308 e. The third-order valence-corrected chi connectivity index (χ3v) is 5.58. The number of anilines is 1. The number of halogens is 1. The molecular weight excluding hydrogens is 394 g/mol. The first-order valence-electron chi connectivity index (χ1n) is 8.75. The summed E-state index contributed by atoms with van der Waals surface area (Å²) in [5.41, 5.74) is 2.84. The Hall–Kier alpha value is -2.61. The second-order valence-corrected chi connectivity index (χ2v) is 8.07. The number of likely N-dealkylation sites (N-methyl/N-ethyl adjacent to an activating group) is 1. The Morgan fingerprint density at radius 2 is 1.75 bits per heavy atom. The van der Waals surface area contributed by atoms with Gasteiger partial charge in [0.15, 0.2) is 5.13 Å². The summed E-state index contributed by atoms with van der Waals surface area (Å²) in [6.45, 7) is 1.24. The number of carbonyl (C=O) groups is 1. The largest absolute Gasteiger partial charge is 0.308 e. The van der Waals surface area contributed by atoms with E-state index in [1.807, 2.05) is 37.2 Å². The van der Waals surface area contributed by atoms with Crippen LogP contribution in [-0.2, 0) is 0 Å². The molecule has 142 valence electrons. The SMILES string of the molecule is CN(C)CCN(C(=O)c1ccc2nccnc2c1)c1nc2ccc(Cl)cc2s1. The van der Waals surface area contributed by atoms with E-state index in [0.29, 0.717) is 27.8 Å². The molecule has 4 aromatic rings. The van der Waals surface area contributed by atoms with Crippen molar-refractivity contribution in [2.24, 2.45) is 0 Å². The molecule has 0 fully saturated rings. The number of aromatic nitrogens is 3. The van der Waals surface area contributed by atoms with Crippen LogP contribution in [0, 0.1) is 0 Å². The van der Waals surface area contributed by atoms with Crippen LogP contribution in [0.25, 0.3) is 21.3 Å². The maximum Gasteiger partial charge on any atom is 0.260 e. The lowest BCUT2D eigenvalue weighted by molar-refractivity contribution is 0.0985. The Morgan fingerprint density at radius 1 is 1.00 bits per heavy atom. The summed E-state index contributed by atoms with van der Waals surface area (Å²) in [5.74, 6) is -0.112. The van der Waals surface area contributed by atoms with Crippen molar-refractivity contribution in [3.05, 3.63) is 59.4 Å². The van der Waals surface area contributed by atoms with Crippen molar-refractivity contribution >= 4 is 55.2 Å². The average Bonchev–Trinajstić information content (AvgIpc) is 3.10. The van der Waals surface area contributed by atoms with E-state index in [1.54, 1.807) is 35.5 Å². The predicted octanol–water partition coefficient (Wildman–Crippen LogP) is 4.10. The molecule has 0 aliphatic rings. The molecule has 0 atom stereocenters. The fourth-order valence-corrected chi connectivity index (χ4v) is 4.10. The van der Waals surface area contributed by atoms with Gasteiger partial charge in [0.2, 0.25) is 0 Å². The van der Waals surface area contributed by atoms with Gasteiger partial charge in [-0.25, -0.2) is 4.98 Å². The molecule has 4 rings (SSSR count). The van der Waals surface area contributed by atoms with Gasteiger partial charge in [0.05, 0.1) is 21.3 Å². The topological polar surface area (TPSA) is 62.2 Å². The molecule has 2 aromatic carbocycles. The lowest BCUT2D eigenvalue weighted by Crippen LogP contribution is -2.36. The van der Waals surface area contributed by atoms with Crippen molar-refractivity contribution in [1.82, 2.24) is 19.9 Å². The third-order valence-electron chi connectivity index (χ3n) is 4.30. The van der Waals surface area contributed by atoms with E-state index < -0.39 is 0 Å². The van der Waals surface area contributed by atoms with Crippen molar-refractivity contribution in [1.29, 1.82) is 0 Å². The molecule has 28 heavy (non-hydrogen) atoms. The highest BCUT2D eigenvalue weighted by Crippen LogP contribution is 2.31. The van der Waals surface area contributed by atoms with Crippen LogP contribution in [0.4, 0.5) is 5.13 Å². The summed E-state index contributed by atoms with van der Waals surface area (Å²) in [4.78, 5) is 30.3. The quantitative estimate of drug-likeness (QED) is 0.494. The number of benzene rings is 2. The van der Waals surface area contributed by atoms with E-state index >= 15 is 0 Å². The molecule has 8 heteroatoms. The number of thiazole rings is 1. The van der Waals surface area contributed by atoms with E-state index in [-0.39, 0.29) is 5.91 Å². The fraction of sp³-hybridized carbons (Fsp3) is 0.200. The number of hydrogen-bond acceptors (Lipinski definition) is 6. The van der Waals surface area contributed by atoms with Gasteiger partial charge in [-0.15, -0.1) is 0 Å². The van der Waals surface area contributed by atoms with Crippen molar-refractivity contribution < 1.29 is 4.79 Å². The number of nitrogens with zero attached hydrogens (tertiary/aromatic N) is 5. The van der Waals surface area contributed by atoms with Crippen molar-refractivity contribution in [3.63, 3.8) is 0 Å². The number of amides is 1. The zero-order valence-electron chi connectivity index (χ0n) is 15.5. The zero-order chi connectivity index (χ0) is 19.7. The van der Waals surface area contributed by atoms with E-state index in [2.05, 4.69) is 15.0 Å². The monoisotopic (exact) mass is 411 g/mol. The van der Waals surface area contributed by atoms with Gasteiger partial charge < -0.3 is 4.90 Å². The highest BCUT2D eigenvalue weighted by atomic mass is 35.5. The summed E-state index contributed by atoms with van der Waals surface area (Å²) >= 11 is 7.56. The maximum absolute atomic E-state index is 13.3. The minimum absolute atomic E-state index is 0.112. The molecule has 6 nitrogen and oxygen atoms in total. The Kier molecular flexibility index (Phi) is 5.21. The molecule has 0 aliphatic carbocycles. The van der Waals surface area contributed by atoms with Crippen LogP contribution in [0.1, 0.15) is 10.4 Å². The number of carbonyl (C=O) groups excluding carboxylic acids is 1. The molecule has 0 aliphatic heterocycles. The molecule has 0 saturated heterocycles.